The smallest absolute Gasteiger partial charge is 0.408 e. The van der Waals surface area contributed by atoms with Crippen molar-refractivity contribution in [2.24, 2.45) is 5.92 Å². The zero-order valence-corrected chi connectivity index (χ0v) is 39.2. The van der Waals surface area contributed by atoms with E-state index in [-0.39, 0.29) is 74.6 Å². The van der Waals surface area contributed by atoms with Crippen molar-refractivity contribution in [2.45, 2.75) is 135 Å². The minimum atomic E-state index is -1.06. The zero-order chi connectivity index (χ0) is 49.3. The van der Waals surface area contributed by atoms with Crippen molar-refractivity contribution in [3.8, 4) is 0 Å². The number of para-hydroxylation sites is 1. The number of hydrogen-bond donors (Lipinski definition) is 5. The standard InChI is InChI=1S/C29H34N2O6.C22H30N2O6/c1-29(2,3)37-28(36)31-25(15-19-9-5-4-6-10-19)26(33)14-13-22(32)17-20(27(34)35)16-21-18-30-24-12-8-7-11-23(21)24;1-22(2,3)30-21(29)23-16(14-15-8-5-4-6-9-15)18(25)11-12-19(26)24-13-7-10-17(24)20(27)28/h4-12,18,20,25,30H,13-17H2,1-3H3,(H,31,36)(H,34,35);4-6,8-9,16-17H,7,10-14H2,1-3H3,(H,23,29)(H,27,28)/t20-,25+;16-,17-/m10/s1. The van der Waals surface area contributed by atoms with Crippen LogP contribution in [0.4, 0.5) is 9.59 Å². The third-order valence-corrected chi connectivity index (χ3v) is 10.8. The van der Waals surface area contributed by atoms with E-state index in [1.54, 1.807) is 47.7 Å². The third kappa shape index (κ3) is 18.2. The van der Waals surface area contributed by atoms with Gasteiger partial charge in [0.2, 0.25) is 5.91 Å². The number of H-pyrrole nitrogens is 1. The van der Waals surface area contributed by atoms with Gasteiger partial charge in [0.1, 0.15) is 23.0 Å². The van der Waals surface area contributed by atoms with Gasteiger partial charge in [-0.05, 0) is 96.4 Å². The molecule has 0 bridgehead atoms. The summed E-state index contributed by atoms with van der Waals surface area (Å²) >= 11 is 0. The number of carboxylic acids is 2. The van der Waals surface area contributed by atoms with E-state index in [2.05, 4.69) is 15.6 Å². The first kappa shape index (κ1) is 52.8. The highest BCUT2D eigenvalue weighted by molar-refractivity contribution is 5.93. The number of ether oxygens (including phenoxy) is 2. The first-order valence-electron chi connectivity index (χ1n) is 22.5. The number of nitrogens with zero attached hydrogens (tertiary/aromatic N) is 1. The van der Waals surface area contributed by atoms with Crippen LogP contribution in [-0.2, 0) is 57.5 Å². The minimum Gasteiger partial charge on any atom is -0.481 e. The number of carboxylic acid groups (broad SMARTS) is 2. The number of ketones is 3. The highest BCUT2D eigenvalue weighted by atomic mass is 16.6. The summed E-state index contributed by atoms with van der Waals surface area (Å²) in [6.45, 7) is 10.8. The van der Waals surface area contributed by atoms with E-state index in [1.807, 2.05) is 84.9 Å². The Balaban J connectivity index is 0.000000299. The average molecular weight is 925 g/mol. The second kappa shape index (κ2) is 24.6. The summed E-state index contributed by atoms with van der Waals surface area (Å²) in [6, 6.07) is 23.5. The molecule has 0 aliphatic carbocycles. The predicted molar refractivity (Wildman–Crippen MR) is 250 cm³/mol. The van der Waals surface area contributed by atoms with Crippen LogP contribution < -0.4 is 10.6 Å². The zero-order valence-electron chi connectivity index (χ0n) is 39.2. The number of aliphatic carboxylic acids is 2. The van der Waals surface area contributed by atoms with Crippen LogP contribution in [-0.4, -0.2) is 103 Å². The van der Waals surface area contributed by atoms with Gasteiger partial charge in [0.15, 0.2) is 11.6 Å². The maximum absolute atomic E-state index is 13.0. The van der Waals surface area contributed by atoms with Gasteiger partial charge >= 0.3 is 24.1 Å². The number of carbonyl (C=O) groups is 8. The molecule has 3 amide bonds. The highest BCUT2D eigenvalue weighted by Crippen LogP contribution is 2.24. The highest BCUT2D eigenvalue weighted by Gasteiger charge is 2.35. The molecule has 3 aromatic carbocycles. The first-order chi connectivity index (χ1) is 31.6. The molecule has 1 saturated heterocycles. The predicted octanol–water partition coefficient (Wildman–Crippen LogP) is 7.40. The van der Waals surface area contributed by atoms with Gasteiger partial charge in [0, 0.05) is 55.7 Å². The van der Waals surface area contributed by atoms with Gasteiger partial charge in [-0.3, -0.25) is 24.0 Å². The number of hydrogen-bond acceptors (Lipinski definition) is 10. The molecule has 16 nitrogen and oxygen atoms in total. The maximum Gasteiger partial charge on any atom is 0.408 e. The molecule has 5 N–H and O–H groups in total. The molecule has 1 aromatic heterocycles. The van der Waals surface area contributed by atoms with Crippen LogP contribution in [0.1, 0.15) is 103 Å². The number of rotatable bonds is 20. The lowest BCUT2D eigenvalue weighted by atomic mass is 9.92. The molecule has 67 heavy (non-hydrogen) atoms. The Labute approximate surface area is 391 Å². The van der Waals surface area contributed by atoms with Crippen molar-refractivity contribution in [2.75, 3.05) is 6.54 Å². The lowest BCUT2D eigenvalue weighted by molar-refractivity contribution is -0.148. The monoisotopic (exact) mass is 924 g/mol. The van der Waals surface area contributed by atoms with Crippen molar-refractivity contribution >= 4 is 58.3 Å². The first-order valence-corrected chi connectivity index (χ1v) is 22.5. The van der Waals surface area contributed by atoms with Crippen molar-refractivity contribution in [3.05, 3.63) is 108 Å². The molecule has 2 heterocycles. The van der Waals surface area contributed by atoms with E-state index >= 15 is 0 Å². The van der Waals surface area contributed by atoms with Crippen molar-refractivity contribution in [3.63, 3.8) is 0 Å². The maximum atomic E-state index is 13.0. The second-order valence-electron chi connectivity index (χ2n) is 18.6. The summed E-state index contributed by atoms with van der Waals surface area (Å²) in [5.74, 6) is -4.27. The molecule has 0 radical (unpaired) electrons. The second-order valence-corrected chi connectivity index (χ2v) is 18.6. The minimum absolute atomic E-state index is 0.0883. The van der Waals surface area contributed by atoms with Crippen LogP contribution >= 0.6 is 0 Å². The van der Waals surface area contributed by atoms with Crippen LogP contribution in [0.15, 0.2) is 91.1 Å². The van der Waals surface area contributed by atoms with Gasteiger partial charge in [-0.15, -0.1) is 0 Å². The Morgan fingerprint density at radius 2 is 1.16 bits per heavy atom. The number of benzene rings is 3. The molecule has 0 unspecified atom stereocenters. The van der Waals surface area contributed by atoms with E-state index in [4.69, 9.17) is 9.47 Å². The molecule has 4 aromatic rings. The third-order valence-electron chi connectivity index (χ3n) is 10.8. The van der Waals surface area contributed by atoms with Crippen LogP contribution in [0.3, 0.4) is 0 Å². The summed E-state index contributed by atoms with van der Waals surface area (Å²) in [4.78, 5) is 103. The van der Waals surface area contributed by atoms with E-state index in [9.17, 15) is 48.6 Å². The Kier molecular flexibility index (Phi) is 19.4. The molecule has 1 aliphatic rings. The SMILES string of the molecule is CC(C)(C)OC(=O)N[C@@H](Cc1ccccc1)C(=O)CCC(=O)C[C@@H](Cc1c[nH]c2ccccc12)C(=O)O.CC(C)(C)OC(=O)N[C@@H](Cc1ccccc1)C(=O)CCC(=O)N1CCC[C@H]1C(=O)O. The fraction of sp³-hybridized carbons (Fsp3) is 0.451. The van der Waals surface area contributed by atoms with Gasteiger partial charge in [-0.2, -0.15) is 0 Å². The molecule has 1 aliphatic heterocycles. The van der Waals surface area contributed by atoms with Gasteiger partial charge in [0.25, 0.3) is 0 Å². The molecule has 0 saturated carbocycles. The average Bonchev–Trinajstić information content (AvgIpc) is 3.92. The van der Waals surface area contributed by atoms with Gasteiger partial charge < -0.3 is 40.2 Å². The van der Waals surface area contributed by atoms with Crippen molar-refractivity contribution in [1.29, 1.82) is 0 Å². The van der Waals surface area contributed by atoms with E-state index in [0.717, 1.165) is 27.6 Å². The molecule has 5 rings (SSSR count). The molecule has 1 fully saturated rings. The Hall–Kier alpha value is -6.84. The van der Waals surface area contributed by atoms with Gasteiger partial charge in [-0.25, -0.2) is 14.4 Å². The molecule has 0 spiro atoms. The summed E-state index contributed by atoms with van der Waals surface area (Å²) in [6.07, 6.45) is 1.58. The van der Waals surface area contributed by atoms with Crippen molar-refractivity contribution < 1.29 is 58.0 Å². The van der Waals surface area contributed by atoms with Crippen molar-refractivity contribution in [1.82, 2.24) is 20.5 Å². The Morgan fingerprint density at radius 3 is 1.66 bits per heavy atom. The van der Waals surface area contributed by atoms with E-state index < -0.39 is 59.4 Å². The number of aromatic nitrogens is 1. The van der Waals surface area contributed by atoms with Crippen LogP contribution in [0, 0.1) is 5.92 Å². The largest absolute Gasteiger partial charge is 0.481 e. The van der Waals surface area contributed by atoms with Gasteiger partial charge in [0.05, 0.1) is 18.0 Å². The summed E-state index contributed by atoms with van der Waals surface area (Å²) in [5.41, 5.74) is 2.02. The number of Topliss-reactive ketones (excluding diaryl/α,β-unsaturated/α-hetero) is 3. The lowest BCUT2D eigenvalue weighted by Crippen LogP contribution is -2.45. The number of likely N-dealkylation sites (tertiary alicyclic amines) is 1. The quantitative estimate of drug-likeness (QED) is 0.0583. The number of carbonyl (C=O) groups excluding carboxylic acids is 6. The number of aromatic amines is 1. The number of fused-ring (bicyclic) bond motifs is 1. The van der Waals surface area contributed by atoms with E-state index in [0.29, 0.717) is 19.4 Å². The summed E-state index contributed by atoms with van der Waals surface area (Å²) in [5, 5.41) is 25.1. The summed E-state index contributed by atoms with van der Waals surface area (Å²) in [7, 11) is 0. The molecule has 360 valence electrons. The Bertz CT molecular complexity index is 2330. The fourth-order valence-electron chi connectivity index (χ4n) is 7.59. The molecular formula is C51H64N4O12. The van der Waals surface area contributed by atoms with Crippen LogP contribution in [0.25, 0.3) is 10.9 Å². The van der Waals surface area contributed by atoms with Crippen LogP contribution in [0.2, 0.25) is 0 Å². The molecule has 16 heteroatoms. The topological polar surface area (TPSA) is 239 Å². The summed E-state index contributed by atoms with van der Waals surface area (Å²) < 4.78 is 10.6. The normalized spacial score (nSPS) is 15.0. The Morgan fingerprint density at radius 1 is 0.672 bits per heavy atom. The molecule has 4 atom stereocenters. The van der Waals surface area contributed by atoms with Crippen LogP contribution in [0.5, 0.6) is 0 Å². The molecular weight excluding hydrogens is 861 g/mol. The van der Waals surface area contributed by atoms with Gasteiger partial charge in [-0.1, -0.05) is 78.9 Å². The fourth-order valence-corrected chi connectivity index (χ4v) is 7.59. The number of nitrogens with one attached hydrogen (secondary N) is 3. The van der Waals surface area contributed by atoms with E-state index in [1.165, 1.54) is 4.90 Å². The number of alkyl carbamates (subject to hydrolysis) is 2. The number of amides is 3. The lowest BCUT2D eigenvalue weighted by Gasteiger charge is -2.24.